The largest absolute Gasteiger partial charge is 0.307 e. The van der Waals surface area contributed by atoms with Crippen molar-refractivity contribution in [3.05, 3.63) is 34.1 Å². The second-order valence-corrected chi connectivity index (χ2v) is 6.58. The minimum Gasteiger partial charge on any atom is -0.307 e. The lowest BCUT2D eigenvalue weighted by atomic mass is 10.0. The average Bonchev–Trinajstić information content (AvgIpc) is 2.30. The van der Waals surface area contributed by atoms with Gasteiger partial charge in [0, 0.05) is 22.1 Å². The fourth-order valence-electron chi connectivity index (χ4n) is 2.16. The fraction of sp³-hybridized carbons (Fsp3) is 0.538. The first-order valence-corrected chi connectivity index (χ1v) is 7.90. The molecule has 1 saturated heterocycles. The quantitative estimate of drug-likeness (QED) is 0.899. The van der Waals surface area contributed by atoms with E-state index in [2.05, 4.69) is 21.2 Å². The topological polar surface area (TPSA) is 12.0 Å². The van der Waals surface area contributed by atoms with E-state index in [1.54, 1.807) is 0 Å². The van der Waals surface area contributed by atoms with E-state index < -0.39 is 0 Å². The van der Waals surface area contributed by atoms with Gasteiger partial charge >= 0.3 is 0 Å². The molecule has 0 aliphatic carbocycles. The summed E-state index contributed by atoms with van der Waals surface area (Å²) in [7, 11) is 0. The highest BCUT2D eigenvalue weighted by atomic mass is 79.9. The molecule has 1 aromatic carbocycles. The molecule has 1 aliphatic heterocycles. The Bertz CT molecular complexity index is 380. The summed E-state index contributed by atoms with van der Waals surface area (Å²) in [5.41, 5.74) is 0.756. The predicted octanol–water partition coefficient (Wildman–Crippen LogP) is 4.13. The molecular formula is C13H17BrFNS. The first-order valence-electron chi connectivity index (χ1n) is 5.95. The van der Waals surface area contributed by atoms with Crippen LogP contribution in [0.1, 0.15) is 31.4 Å². The molecule has 2 rings (SSSR count). The molecule has 0 aromatic heterocycles. The average molecular weight is 318 g/mol. The van der Waals surface area contributed by atoms with Crippen molar-refractivity contribution in [3.8, 4) is 0 Å². The predicted molar refractivity (Wildman–Crippen MR) is 76.0 cm³/mol. The highest BCUT2D eigenvalue weighted by Gasteiger charge is 2.18. The van der Waals surface area contributed by atoms with Gasteiger partial charge in [-0.15, -0.1) is 0 Å². The van der Waals surface area contributed by atoms with Crippen LogP contribution in [0.3, 0.4) is 0 Å². The van der Waals surface area contributed by atoms with Crippen LogP contribution >= 0.6 is 27.7 Å². The lowest BCUT2D eigenvalue weighted by Crippen LogP contribution is -2.34. The van der Waals surface area contributed by atoms with E-state index in [1.807, 2.05) is 30.8 Å². The van der Waals surface area contributed by atoms with Gasteiger partial charge in [-0.1, -0.05) is 22.0 Å². The molecule has 4 heteroatoms. The molecule has 1 fully saturated rings. The van der Waals surface area contributed by atoms with Gasteiger partial charge in [0.15, 0.2) is 0 Å². The Morgan fingerprint density at radius 1 is 1.41 bits per heavy atom. The summed E-state index contributed by atoms with van der Waals surface area (Å²) >= 11 is 5.29. The Balaban J connectivity index is 2.00. The standard InChI is InChI=1S/C13H17BrFNS/c1-9(16-11-4-6-17-7-5-11)12-3-2-10(14)8-13(12)15/h2-3,8-9,11,16H,4-7H2,1H3. The van der Waals surface area contributed by atoms with E-state index in [-0.39, 0.29) is 11.9 Å². The van der Waals surface area contributed by atoms with Gasteiger partial charge in [-0.2, -0.15) is 11.8 Å². The molecule has 17 heavy (non-hydrogen) atoms. The van der Waals surface area contributed by atoms with E-state index in [0.29, 0.717) is 6.04 Å². The minimum atomic E-state index is -0.135. The summed E-state index contributed by atoms with van der Waals surface area (Å²) in [6, 6.07) is 5.90. The van der Waals surface area contributed by atoms with Crippen molar-refractivity contribution >= 4 is 27.7 Å². The van der Waals surface area contributed by atoms with Crippen LogP contribution in [0.15, 0.2) is 22.7 Å². The maximum Gasteiger partial charge on any atom is 0.129 e. The van der Waals surface area contributed by atoms with Crippen LogP contribution < -0.4 is 5.32 Å². The normalized spacial score (nSPS) is 19.2. The van der Waals surface area contributed by atoms with Gasteiger partial charge < -0.3 is 5.32 Å². The Labute approximate surface area is 115 Å². The zero-order valence-electron chi connectivity index (χ0n) is 9.88. The van der Waals surface area contributed by atoms with Crippen LogP contribution in [-0.2, 0) is 0 Å². The highest BCUT2D eigenvalue weighted by molar-refractivity contribution is 9.10. The SMILES string of the molecule is CC(NC1CCSCC1)c1ccc(Br)cc1F. The van der Waals surface area contributed by atoms with Crippen LogP contribution in [0.2, 0.25) is 0 Å². The van der Waals surface area contributed by atoms with Crippen molar-refractivity contribution in [2.24, 2.45) is 0 Å². The molecule has 0 amide bonds. The lowest BCUT2D eigenvalue weighted by molar-refractivity contribution is 0.421. The third-order valence-electron chi connectivity index (χ3n) is 3.14. The van der Waals surface area contributed by atoms with Gasteiger partial charge in [-0.25, -0.2) is 4.39 Å². The van der Waals surface area contributed by atoms with Gasteiger partial charge in [0.1, 0.15) is 5.82 Å². The van der Waals surface area contributed by atoms with Crippen LogP contribution in [-0.4, -0.2) is 17.5 Å². The van der Waals surface area contributed by atoms with Crippen molar-refractivity contribution in [3.63, 3.8) is 0 Å². The molecule has 0 radical (unpaired) electrons. The third kappa shape index (κ3) is 3.70. The smallest absolute Gasteiger partial charge is 0.129 e. The van der Waals surface area contributed by atoms with Crippen LogP contribution in [0.4, 0.5) is 4.39 Å². The summed E-state index contributed by atoms with van der Waals surface area (Å²) in [4.78, 5) is 0. The molecule has 1 heterocycles. The number of hydrogen-bond acceptors (Lipinski definition) is 2. The number of hydrogen-bond donors (Lipinski definition) is 1. The van der Waals surface area contributed by atoms with Gasteiger partial charge in [-0.3, -0.25) is 0 Å². The first-order chi connectivity index (χ1) is 8.16. The zero-order valence-corrected chi connectivity index (χ0v) is 12.3. The van der Waals surface area contributed by atoms with Crippen LogP contribution in [0, 0.1) is 5.82 Å². The summed E-state index contributed by atoms with van der Waals surface area (Å²) in [6.45, 7) is 2.04. The molecule has 1 aliphatic rings. The Hall–Kier alpha value is -0.0600. The number of nitrogens with one attached hydrogen (secondary N) is 1. The number of rotatable bonds is 3. The Kier molecular flexibility index (Phi) is 4.88. The lowest BCUT2D eigenvalue weighted by Gasteiger charge is -2.26. The molecule has 0 spiro atoms. The Morgan fingerprint density at radius 2 is 2.12 bits per heavy atom. The summed E-state index contributed by atoms with van der Waals surface area (Å²) in [5.74, 6) is 2.30. The first kappa shape index (κ1) is 13.4. The number of benzene rings is 1. The van der Waals surface area contributed by atoms with E-state index in [1.165, 1.54) is 30.4 Å². The molecule has 0 saturated carbocycles. The molecule has 1 aromatic rings. The fourth-order valence-corrected chi connectivity index (χ4v) is 3.60. The van der Waals surface area contributed by atoms with Crippen molar-refractivity contribution in [1.29, 1.82) is 0 Å². The minimum absolute atomic E-state index is 0.0798. The van der Waals surface area contributed by atoms with E-state index in [0.717, 1.165) is 10.0 Å². The van der Waals surface area contributed by atoms with E-state index >= 15 is 0 Å². The summed E-state index contributed by atoms with van der Waals surface area (Å²) in [5, 5.41) is 3.53. The van der Waals surface area contributed by atoms with Gasteiger partial charge in [0.25, 0.3) is 0 Å². The molecule has 1 unspecified atom stereocenters. The molecule has 1 nitrogen and oxygen atoms in total. The van der Waals surface area contributed by atoms with Crippen LogP contribution in [0.25, 0.3) is 0 Å². The molecule has 94 valence electrons. The second kappa shape index (κ2) is 6.21. The maximum absolute atomic E-state index is 13.8. The van der Waals surface area contributed by atoms with Gasteiger partial charge in [0.05, 0.1) is 0 Å². The number of thioether (sulfide) groups is 1. The second-order valence-electron chi connectivity index (χ2n) is 4.44. The molecule has 0 bridgehead atoms. The van der Waals surface area contributed by atoms with Crippen molar-refractivity contribution < 1.29 is 4.39 Å². The molecule has 1 atom stereocenters. The third-order valence-corrected chi connectivity index (χ3v) is 4.68. The van der Waals surface area contributed by atoms with Crippen molar-refractivity contribution in [2.75, 3.05) is 11.5 Å². The highest BCUT2D eigenvalue weighted by Crippen LogP contribution is 2.24. The monoisotopic (exact) mass is 317 g/mol. The van der Waals surface area contributed by atoms with Crippen molar-refractivity contribution in [1.82, 2.24) is 5.32 Å². The molecule has 1 N–H and O–H groups in total. The van der Waals surface area contributed by atoms with Gasteiger partial charge in [-0.05, 0) is 43.4 Å². The maximum atomic E-state index is 13.8. The Morgan fingerprint density at radius 3 is 2.76 bits per heavy atom. The van der Waals surface area contributed by atoms with Crippen molar-refractivity contribution in [2.45, 2.75) is 31.8 Å². The number of halogens is 2. The summed E-state index contributed by atoms with van der Waals surface area (Å²) in [6.07, 6.45) is 2.38. The molecular weight excluding hydrogens is 301 g/mol. The summed E-state index contributed by atoms with van der Waals surface area (Å²) < 4.78 is 14.6. The van der Waals surface area contributed by atoms with Crippen LogP contribution in [0.5, 0.6) is 0 Å². The van der Waals surface area contributed by atoms with E-state index in [4.69, 9.17) is 0 Å². The van der Waals surface area contributed by atoms with Gasteiger partial charge in [0.2, 0.25) is 0 Å². The zero-order chi connectivity index (χ0) is 12.3. The van der Waals surface area contributed by atoms with E-state index in [9.17, 15) is 4.39 Å².